The summed E-state index contributed by atoms with van der Waals surface area (Å²) in [6.45, 7) is 6.16. The SMILES string of the molecule is CC\C=C/C=C\C=C/CCCCCCCC(=O)OC(COC(=O)CCCC/C=C\C/C=C\C/C=C\CC)COC(=O)CCCCCC/C=C\C/C=C\C/C=C\CC. The number of hydrogen-bond acceptors (Lipinski definition) is 6. The van der Waals surface area contributed by atoms with E-state index in [1.54, 1.807) is 0 Å². The van der Waals surface area contributed by atoms with Crippen LogP contribution in [-0.2, 0) is 28.6 Å². The first-order chi connectivity index (χ1) is 28.0. The van der Waals surface area contributed by atoms with Crippen LogP contribution >= 0.6 is 0 Å². The normalized spacial score (nSPS) is 13.1. The van der Waals surface area contributed by atoms with Crippen molar-refractivity contribution in [1.29, 1.82) is 0 Å². The van der Waals surface area contributed by atoms with Crippen LogP contribution in [0.4, 0.5) is 0 Å². The van der Waals surface area contributed by atoms with Crippen LogP contribution in [0.2, 0.25) is 0 Å². The summed E-state index contributed by atoms with van der Waals surface area (Å²) in [7, 11) is 0. The topological polar surface area (TPSA) is 78.9 Å². The molecular formula is C51H80O6. The molecule has 1 atom stereocenters. The van der Waals surface area contributed by atoms with E-state index < -0.39 is 6.10 Å². The maximum absolute atomic E-state index is 12.7. The van der Waals surface area contributed by atoms with Crippen molar-refractivity contribution < 1.29 is 28.6 Å². The van der Waals surface area contributed by atoms with Crippen LogP contribution in [0, 0.1) is 0 Å². The maximum Gasteiger partial charge on any atom is 0.306 e. The molecule has 0 fully saturated rings. The minimum atomic E-state index is -0.813. The van der Waals surface area contributed by atoms with Crippen LogP contribution < -0.4 is 0 Å². The van der Waals surface area contributed by atoms with Gasteiger partial charge in [0.15, 0.2) is 6.10 Å². The van der Waals surface area contributed by atoms with E-state index in [1.165, 1.54) is 0 Å². The lowest BCUT2D eigenvalue weighted by Crippen LogP contribution is -2.30. The van der Waals surface area contributed by atoms with Gasteiger partial charge in [-0.15, -0.1) is 0 Å². The summed E-state index contributed by atoms with van der Waals surface area (Å²) in [6.07, 6.45) is 59.3. The average molecular weight is 789 g/mol. The summed E-state index contributed by atoms with van der Waals surface area (Å²) < 4.78 is 16.6. The molecule has 0 aliphatic carbocycles. The van der Waals surface area contributed by atoms with Gasteiger partial charge in [0, 0.05) is 19.3 Å². The molecule has 0 radical (unpaired) electrons. The molecule has 0 aromatic carbocycles. The van der Waals surface area contributed by atoms with Crippen LogP contribution in [-0.4, -0.2) is 37.2 Å². The molecule has 6 heteroatoms. The fourth-order valence-corrected chi connectivity index (χ4v) is 5.53. The molecule has 0 aliphatic heterocycles. The largest absolute Gasteiger partial charge is 0.462 e. The molecule has 0 N–H and O–H groups in total. The third-order valence-electron chi connectivity index (χ3n) is 8.81. The molecule has 0 rings (SSSR count). The number of allylic oxidation sites excluding steroid dienone is 18. The van der Waals surface area contributed by atoms with E-state index >= 15 is 0 Å². The molecule has 1 unspecified atom stereocenters. The van der Waals surface area contributed by atoms with Crippen LogP contribution in [0.1, 0.15) is 175 Å². The third-order valence-corrected chi connectivity index (χ3v) is 8.81. The van der Waals surface area contributed by atoms with Crippen molar-refractivity contribution in [1.82, 2.24) is 0 Å². The van der Waals surface area contributed by atoms with Crippen molar-refractivity contribution in [2.24, 2.45) is 0 Å². The Labute approximate surface area is 349 Å². The van der Waals surface area contributed by atoms with Gasteiger partial charge < -0.3 is 14.2 Å². The zero-order chi connectivity index (χ0) is 41.5. The Bertz CT molecular complexity index is 1230. The Kier molecular flexibility index (Phi) is 41.7. The van der Waals surface area contributed by atoms with Gasteiger partial charge in [0.1, 0.15) is 13.2 Å². The zero-order valence-electron chi connectivity index (χ0n) is 36.3. The van der Waals surface area contributed by atoms with Crippen molar-refractivity contribution in [3.63, 3.8) is 0 Å². The number of hydrogen-bond donors (Lipinski definition) is 0. The first kappa shape index (κ1) is 53.1. The summed E-state index contributed by atoms with van der Waals surface area (Å²) in [5.41, 5.74) is 0. The zero-order valence-corrected chi connectivity index (χ0v) is 36.3. The van der Waals surface area contributed by atoms with Gasteiger partial charge in [-0.25, -0.2) is 0 Å². The van der Waals surface area contributed by atoms with Gasteiger partial charge >= 0.3 is 17.9 Å². The highest BCUT2D eigenvalue weighted by Gasteiger charge is 2.19. The van der Waals surface area contributed by atoms with Crippen molar-refractivity contribution in [2.45, 2.75) is 181 Å². The summed E-state index contributed by atoms with van der Waals surface area (Å²) >= 11 is 0. The molecule has 6 nitrogen and oxygen atoms in total. The van der Waals surface area contributed by atoms with E-state index in [9.17, 15) is 14.4 Å². The molecule has 0 spiro atoms. The number of esters is 3. The first-order valence-corrected chi connectivity index (χ1v) is 22.4. The molecule has 0 heterocycles. The maximum atomic E-state index is 12.7. The highest BCUT2D eigenvalue weighted by Crippen LogP contribution is 2.12. The second-order valence-electron chi connectivity index (χ2n) is 14.2. The molecule has 57 heavy (non-hydrogen) atoms. The first-order valence-electron chi connectivity index (χ1n) is 22.4. The summed E-state index contributed by atoms with van der Waals surface area (Å²) in [5.74, 6) is -1.01. The molecule has 0 bridgehead atoms. The number of carbonyl (C=O) groups is 3. The molecule has 0 aromatic heterocycles. The van der Waals surface area contributed by atoms with Crippen LogP contribution in [0.5, 0.6) is 0 Å². The van der Waals surface area contributed by atoms with Crippen LogP contribution in [0.3, 0.4) is 0 Å². The highest BCUT2D eigenvalue weighted by molar-refractivity contribution is 5.71. The lowest BCUT2D eigenvalue weighted by atomic mass is 10.1. The van der Waals surface area contributed by atoms with E-state index in [1.807, 2.05) is 6.08 Å². The molecule has 0 amide bonds. The van der Waals surface area contributed by atoms with E-state index in [0.717, 1.165) is 135 Å². The van der Waals surface area contributed by atoms with Crippen molar-refractivity contribution in [3.05, 3.63) is 109 Å². The second-order valence-corrected chi connectivity index (χ2v) is 14.2. The number of carbonyl (C=O) groups excluding carboxylic acids is 3. The average Bonchev–Trinajstić information content (AvgIpc) is 3.21. The van der Waals surface area contributed by atoms with E-state index in [4.69, 9.17) is 14.2 Å². The monoisotopic (exact) mass is 789 g/mol. The lowest BCUT2D eigenvalue weighted by molar-refractivity contribution is -0.167. The minimum Gasteiger partial charge on any atom is -0.462 e. The van der Waals surface area contributed by atoms with E-state index in [-0.39, 0.29) is 37.5 Å². The van der Waals surface area contributed by atoms with Gasteiger partial charge in [0.25, 0.3) is 0 Å². The highest BCUT2D eigenvalue weighted by atomic mass is 16.6. The number of rotatable bonds is 38. The summed E-state index contributed by atoms with van der Waals surface area (Å²) in [6, 6.07) is 0. The molecular weight excluding hydrogens is 709 g/mol. The predicted molar refractivity (Wildman–Crippen MR) is 242 cm³/mol. The Balaban J connectivity index is 4.53. The number of unbranched alkanes of at least 4 members (excludes halogenated alkanes) is 11. The quantitative estimate of drug-likeness (QED) is 0.0204. The summed E-state index contributed by atoms with van der Waals surface area (Å²) in [5, 5.41) is 0. The minimum absolute atomic E-state index is 0.113. The number of ether oxygens (including phenoxy) is 3. The van der Waals surface area contributed by atoms with Crippen molar-refractivity contribution in [3.8, 4) is 0 Å². The molecule has 0 saturated carbocycles. The summed E-state index contributed by atoms with van der Waals surface area (Å²) in [4.78, 5) is 37.7. The van der Waals surface area contributed by atoms with Crippen molar-refractivity contribution in [2.75, 3.05) is 13.2 Å². The van der Waals surface area contributed by atoms with Gasteiger partial charge in [-0.05, 0) is 103 Å². The Morgan fingerprint density at radius 3 is 1.21 bits per heavy atom. The molecule has 320 valence electrons. The van der Waals surface area contributed by atoms with Gasteiger partial charge in [-0.1, -0.05) is 162 Å². The smallest absolute Gasteiger partial charge is 0.306 e. The predicted octanol–water partition coefficient (Wildman–Crippen LogP) is 14.4. The molecule has 0 aliphatic rings. The lowest BCUT2D eigenvalue weighted by Gasteiger charge is -2.18. The van der Waals surface area contributed by atoms with E-state index in [2.05, 4.69) is 124 Å². The fourth-order valence-electron chi connectivity index (χ4n) is 5.53. The Morgan fingerprint density at radius 1 is 0.368 bits per heavy atom. The van der Waals surface area contributed by atoms with E-state index in [0.29, 0.717) is 12.8 Å². The molecule has 0 aromatic rings. The van der Waals surface area contributed by atoms with Gasteiger partial charge in [-0.2, -0.15) is 0 Å². The van der Waals surface area contributed by atoms with Gasteiger partial charge in [0.05, 0.1) is 0 Å². The fraction of sp³-hybridized carbons (Fsp3) is 0.588. The van der Waals surface area contributed by atoms with Gasteiger partial charge in [-0.3, -0.25) is 14.4 Å². The third kappa shape index (κ3) is 43.0. The second kappa shape index (κ2) is 44.8. The van der Waals surface area contributed by atoms with Crippen LogP contribution in [0.15, 0.2) is 109 Å². The van der Waals surface area contributed by atoms with Crippen LogP contribution in [0.25, 0.3) is 0 Å². The van der Waals surface area contributed by atoms with Gasteiger partial charge in [0.2, 0.25) is 0 Å². The standard InChI is InChI=1S/C51H80O6/c1-4-7-10-13-16-19-22-25-27-29-32-35-38-41-44-50(53)56-47-48(46-55-49(52)43-40-37-34-31-28-24-21-18-15-12-9-6-3)57-51(54)45-42-39-36-33-30-26-23-20-17-14-11-8-5-2/h7-12,14,16-21,23,25,27-28,31,48H,4-6,13,15,22,24,26,29-30,32-47H2,1-3H3/b10-7-,11-8-,12-9-,17-14-,19-16-,21-18-,23-20-,27-25-,31-28-. The van der Waals surface area contributed by atoms with Crippen molar-refractivity contribution >= 4 is 17.9 Å². The molecule has 0 saturated heterocycles. The Morgan fingerprint density at radius 2 is 0.719 bits per heavy atom. The Hall–Kier alpha value is -3.93.